The van der Waals surface area contributed by atoms with Crippen LogP contribution in [0.1, 0.15) is 26.3 Å². The molecule has 1 N–H and O–H groups in total. The lowest BCUT2D eigenvalue weighted by Gasteiger charge is -2.25. The van der Waals surface area contributed by atoms with Crippen molar-refractivity contribution in [3.63, 3.8) is 0 Å². The SMILES string of the molecule is COCCNc1nccn1C(CC(C)C)CN(C)C. The molecule has 0 spiro atoms. The number of hydrogen-bond donors (Lipinski definition) is 1. The number of hydrogen-bond acceptors (Lipinski definition) is 4. The fourth-order valence-electron chi connectivity index (χ4n) is 2.25. The molecular weight excluding hydrogens is 240 g/mol. The van der Waals surface area contributed by atoms with Crippen LogP contribution >= 0.6 is 0 Å². The maximum absolute atomic E-state index is 5.06. The van der Waals surface area contributed by atoms with E-state index in [1.807, 2.05) is 6.20 Å². The van der Waals surface area contributed by atoms with E-state index in [0.717, 1.165) is 25.5 Å². The molecular formula is C14H28N4O. The van der Waals surface area contributed by atoms with Crippen molar-refractivity contribution in [1.29, 1.82) is 0 Å². The molecule has 0 aromatic carbocycles. The van der Waals surface area contributed by atoms with Gasteiger partial charge < -0.3 is 19.5 Å². The molecule has 1 aromatic rings. The van der Waals surface area contributed by atoms with Gasteiger partial charge in [0, 0.05) is 38.6 Å². The zero-order valence-electron chi connectivity index (χ0n) is 12.9. The van der Waals surface area contributed by atoms with Gasteiger partial charge in [-0.1, -0.05) is 13.8 Å². The Morgan fingerprint density at radius 1 is 1.42 bits per heavy atom. The Kier molecular flexibility index (Phi) is 6.87. The summed E-state index contributed by atoms with van der Waals surface area (Å²) in [4.78, 5) is 6.63. The first-order valence-corrected chi connectivity index (χ1v) is 6.95. The van der Waals surface area contributed by atoms with Gasteiger partial charge in [-0.2, -0.15) is 0 Å². The first kappa shape index (κ1) is 16.0. The van der Waals surface area contributed by atoms with Gasteiger partial charge in [-0.05, 0) is 26.4 Å². The van der Waals surface area contributed by atoms with Crippen LogP contribution in [0.3, 0.4) is 0 Å². The molecule has 0 aliphatic carbocycles. The number of anilines is 1. The van der Waals surface area contributed by atoms with Crippen molar-refractivity contribution in [2.24, 2.45) is 5.92 Å². The van der Waals surface area contributed by atoms with Gasteiger partial charge in [0.25, 0.3) is 0 Å². The van der Waals surface area contributed by atoms with Gasteiger partial charge in [0.1, 0.15) is 0 Å². The number of imidazole rings is 1. The summed E-state index contributed by atoms with van der Waals surface area (Å²) in [5.41, 5.74) is 0. The van der Waals surface area contributed by atoms with E-state index in [1.165, 1.54) is 0 Å². The highest BCUT2D eigenvalue weighted by atomic mass is 16.5. The van der Waals surface area contributed by atoms with E-state index in [1.54, 1.807) is 7.11 Å². The van der Waals surface area contributed by atoms with Crippen LogP contribution < -0.4 is 5.32 Å². The van der Waals surface area contributed by atoms with Gasteiger partial charge in [-0.15, -0.1) is 0 Å². The standard InChI is InChI=1S/C14H28N4O/c1-12(2)10-13(11-17(3)4)18-8-6-15-14(18)16-7-9-19-5/h6,8,12-13H,7,9-11H2,1-5H3,(H,15,16). The smallest absolute Gasteiger partial charge is 0.203 e. The lowest BCUT2D eigenvalue weighted by Crippen LogP contribution is -2.26. The molecule has 110 valence electrons. The van der Waals surface area contributed by atoms with Crippen molar-refractivity contribution in [1.82, 2.24) is 14.5 Å². The van der Waals surface area contributed by atoms with Crippen LogP contribution in [0.2, 0.25) is 0 Å². The molecule has 1 atom stereocenters. The molecule has 0 saturated carbocycles. The predicted molar refractivity (Wildman–Crippen MR) is 79.6 cm³/mol. The number of ether oxygens (including phenoxy) is 1. The van der Waals surface area contributed by atoms with Gasteiger partial charge in [0.15, 0.2) is 0 Å². The molecule has 1 aromatic heterocycles. The van der Waals surface area contributed by atoms with Crippen LogP contribution in [-0.2, 0) is 4.74 Å². The molecule has 5 nitrogen and oxygen atoms in total. The summed E-state index contributed by atoms with van der Waals surface area (Å²) in [6.45, 7) is 7.02. The minimum Gasteiger partial charge on any atom is -0.383 e. The van der Waals surface area contributed by atoms with E-state index >= 15 is 0 Å². The monoisotopic (exact) mass is 268 g/mol. The Morgan fingerprint density at radius 2 is 2.16 bits per heavy atom. The average molecular weight is 268 g/mol. The van der Waals surface area contributed by atoms with Crippen LogP contribution in [0.5, 0.6) is 0 Å². The zero-order valence-corrected chi connectivity index (χ0v) is 12.9. The maximum Gasteiger partial charge on any atom is 0.203 e. The van der Waals surface area contributed by atoms with E-state index in [2.05, 4.69) is 53.9 Å². The molecule has 0 aliphatic heterocycles. The van der Waals surface area contributed by atoms with E-state index in [4.69, 9.17) is 4.74 Å². The lowest BCUT2D eigenvalue weighted by molar-refractivity contribution is 0.210. The highest BCUT2D eigenvalue weighted by molar-refractivity contribution is 5.26. The number of methoxy groups -OCH3 is 1. The maximum atomic E-state index is 5.06. The summed E-state index contributed by atoms with van der Waals surface area (Å²) in [6.07, 6.45) is 5.07. The molecule has 0 saturated heterocycles. The quantitative estimate of drug-likeness (QED) is 0.696. The summed E-state index contributed by atoms with van der Waals surface area (Å²) >= 11 is 0. The second-order valence-corrected chi connectivity index (χ2v) is 5.62. The van der Waals surface area contributed by atoms with Crippen LogP contribution in [0.4, 0.5) is 5.95 Å². The Bertz CT molecular complexity index is 339. The van der Waals surface area contributed by atoms with Crippen molar-refractivity contribution >= 4 is 5.95 Å². The van der Waals surface area contributed by atoms with Crippen LogP contribution in [0, 0.1) is 5.92 Å². The third-order valence-corrected chi connectivity index (χ3v) is 2.97. The first-order chi connectivity index (χ1) is 9.04. The summed E-state index contributed by atoms with van der Waals surface area (Å²) in [7, 11) is 5.94. The highest BCUT2D eigenvalue weighted by Crippen LogP contribution is 2.22. The fraction of sp³-hybridized carbons (Fsp3) is 0.786. The molecule has 0 aliphatic rings. The number of nitrogens with zero attached hydrogens (tertiary/aromatic N) is 3. The van der Waals surface area contributed by atoms with Crippen molar-refractivity contribution in [3.05, 3.63) is 12.4 Å². The van der Waals surface area contributed by atoms with Crippen molar-refractivity contribution in [2.75, 3.05) is 46.2 Å². The second kappa shape index (κ2) is 8.17. The van der Waals surface area contributed by atoms with Gasteiger partial charge in [0.05, 0.1) is 6.61 Å². The lowest BCUT2D eigenvalue weighted by atomic mass is 10.0. The Labute approximate surface area is 117 Å². The van der Waals surface area contributed by atoms with Gasteiger partial charge in [-0.25, -0.2) is 4.98 Å². The molecule has 5 heteroatoms. The molecule has 0 radical (unpaired) electrons. The van der Waals surface area contributed by atoms with Gasteiger partial charge in [-0.3, -0.25) is 0 Å². The molecule has 0 amide bonds. The minimum absolute atomic E-state index is 0.447. The summed E-state index contributed by atoms with van der Waals surface area (Å²) in [5.74, 6) is 1.60. The molecule has 1 heterocycles. The van der Waals surface area contributed by atoms with E-state index < -0.39 is 0 Å². The molecule has 1 unspecified atom stereocenters. The molecule has 1 rings (SSSR count). The van der Waals surface area contributed by atoms with Crippen molar-refractivity contribution < 1.29 is 4.74 Å². The van der Waals surface area contributed by atoms with Crippen molar-refractivity contribution in [3.8, 4) is 0 Å². The molecule has 0 bridgehead atoms. The largest absolute Gasteiger partial charge is 0.383 e. The number of likely N-dealkylation sites (N-methyl/N-ethyl adjacent to an activating group) is 1. The molecule has 0 fully saturated rings. The predicted octanol–water partition coefficient (Wildman–Crippen LogP) is 2.09. The van der Waals surface area contributed by atoms with Crippen molar-refractivity contribution in [2.45, 2.75) is 26.3 Å². The number of nitrogens with one attached hydrogen (secondary N) is 1. The summed E-state index contributed by atoms with van der Waals surface area (Å²) in [6, 6.07) is 0.447. The fourth-order valence-corrected chi connectivity index (χ4v) is 2.25. The summed E-state index contributed by atoms with van der Waals surface area (Å²) < 4.78 is 7.31. The van der Waals surface area contributed by atoms with Crippen LogP contribution in [0.25, 0.3) is 0 Å². The topological polar surface area (TPSA) is 42.3 Å². The Balaban J connectivity index is 2.74. The van der Waals surface area contributed by atoms with Gasteiger partial charge >= 0.3 is 0 Å². The third kappa shape index (κ3) is 5.61. The first-order valence-electron chi connectivity index (χ1n) is 6.95. The number of aromatic nitrogens is 2. The highest BCUT2D eigenvalue weighted by Gasteiger charge is 2.16. The van der Waals surface area contributed by atoms with Crippen LogP contribution in [0.15, 0.2) is 12.4 Å². The Morgan fingerprint density at radius 3 is 2.74 bits per heavy atom. The summed E-state index contributed by atoms with van der Waals surface area (Å²) in [5, 5.41) is 3.33. The second-order valence-electron chi connectivity index (χ2n) is 5.62. The van der Waals surface area contributed by atoms with Gasteiger partial charge in [0.2, 0.25) is 5.95 Å². The molecule has 19 heavy (non-hydrogen) atoms. The minimum atomic E-state index is 0.447. The third-order valence-electron chi connectivity index (χ3n) is 2.97. The number of rotatable bonds is 9. The zero-order chi connectivity index (χ0) is 14.3. The van der Waals surface area contributed by atoms with Crippen LogP contribution in [-0.4, -0.2) is 55.4 Å². The Hall–Kier alpha value is -1.07. The van der Waals surface area contributed by atoms with E-state index in [-0.39, 0.29) is 0 Å². The van der Waals surface area contributed by atoms with E-state index in [9.17, 15) is 0 Å². The average Bonchev–Trinajstić information content (AvgIpc) is 2.75. The van der Waals surface area contributed by atoms with E-state index in [0.29, 0.717) is 18.6 Å². The normalized spacial score (nSPS) is 13.2.